The van der Waals surface area contributed by atoms with Gasteiger partial charge in [0.2, 0.25) is 0 Å². The Kier molecular flexibility index (Phi) is 9.64. The number of rotatable bonds is 8. The number of amides is 1. The number of guanidine groups is 1. The molecule has 0 aliphatic heterocycles. The van der Waals surface area contributed by atoms with Gasteiger partial charge in [-0.15, -0.1) is 0 Å². The molecular weight excluding hydrogens is 344 g/mol. The zero-order chi connectivity index (χ0) is 20.3. The maximum absolute atomic E-state index is 12.2. The molecule has 0 saturated heterocycles. The Morgan fingerprint density at radius 1 is 1.19 bits per heavy atom. The van der Waals surface area contributed by atoms with Crippen LogP contribution in [0, 0.1) is 0 Å². The maximum Gasteiger partial charge on any atom is 0.408 e. The van der Waals surface area contributed by atoms with Crippen LogP contribution in [-0.2, 0) is 9.47 Å². The summed E-state index contributed by atoms with van der Waals surface area (Å²) < 4.78 is 10.6. The van der Waals surface area contributed by atoms with Gasteiger partial charge in [-0.3, -0.25) is 4.99 Å². The Balaban J connectivity index is 2.89. The maximum atomic E-state index is 12.2. The van der Waals surface area contributed by atoms with E-state index in [1.807, 2.05) is 65.0 Å². The highest BCUT2D eigenvalue weighted by atomic mass is 16.6. The lowest BCUT2D eigenvalue weighted by atomic mass is 10.1. The van der Waals surface area contributed by atoms with Gasteiger partial charge in [-0.05, 0) is 40.2 Å². The zero-order valence-electron chi connectivity index (χ0n) is 17.3. The minimum Gasteiger partial charge on any atom is -0.444 e. The van der Waals surface area contributed by atoms with Gasteiger partial charge in [0.1, 0.15) is 5.60 Å². The standard InChI is InChI=1S/C20H34N4O3/c1-7-21-18(23-15(2)14-26-6)22-13-17(16-11-9-8-10-12-16)24-19(25)27-20(3,4)5/h8-12,15,17H,7,13-14H2,1-6H3,(H,24,25)(H2,21,22,23). The molecule has 7 nitrogen and oxygen atoms in total. The average Bonchev–Trinajstić information content (AvgIpc) is 2.58. The number of nitrogens with one attached hydrogen (secondary N) is 3. The molecule has 1 aromatic rings. The van der Waals surface area contributed by atoms with Crippen molar-refractivity contribution in [1.82, 2.24) is 16.0 Å². The van der Waals surface area contributed by atoms with Gasteiger partial charge in [-0.2, -0.15) is 0 Å². The second kappa shape index (κ2) is 11.4. The van der Waals surface area contributed by atoms with Crippen LogP contribution >= 0.6 is 0 Å². The van der Waals surface area contributed by atoms with Crippen LogP contribution in [0.3, 0.4) is 0 Å². The van der Waals surface area contributed by atoms with Crippen LogP contribution in [0.1, 0.15) is 46.2 Å². The normalized spacial score (nSPS) is 14.2. The number of nitrogens with zero attached hydrogens (tertiary/aromatic N) is 1. The minimum absolute atomic E-state index is 0.113. The van der Waals surface area contributed by atoms with E-state index in [4.69, 9.17) is 9.47 Å². The quantitative estimate of drug-likeness (QED) is 0.478. The lowest BCUT2D eigenvalue weighted by molar-refractivity contribution is 0.0505. The predicted molar refractivity (Wildman–Crippen MR) is 109 cm³/mol. The molecule has 7 heteroatoms. The van der Waals surface area contributed by atoms with Crippen molar-refractivity contribution in [2.24, 2.45) is 4.99 Å². The molecule has 0 saturated carbocycles. The van der Waals surface area contributed by atoms with Crippen molar-refractivity contribution >= 4 is 12.1 Å². The number of carbonyl (C=O) groups excluding carboxylic acids is 1. The van der Waals surface area contributed by atoms with Crippen molar-refractivity contribution in [3.63, 3.8) is 0 Å². The number of carbonyl (C=O) groups is 1. The number of hydrogen-bond donors (Lipinski definition) is 3. The van der Waals surface area contributed by atoms with Gasteiger partial charge in [0.15, 0.2) is 5.96 Å². The number of alkyl carbamates (subject to hydrolysis) is 1. The largest absolute Gasteiger partial charge is 0.444 e. The first-order valence-corrected chi connectivity index (χ1v) is 9.33. The Labute approximate surface area is 162 Å². The van der Waals surface area contributed by atoms with E-state index in [1.54, 1.807) is 7.11 Å². The lowest BCUT2D eigenvalue weighted by Gasteiger charge is -2.24. The Hall–Kier alpha value is -2.28. The molecule has 0 bridgehead atoms. The molecule has 0 heterocycles. The summed E-state index contributed by atoms with van der Waals surface area (Å²) in [6, 6.07) is 9.56. The average molecular weight is 379 g/mol. The van der Waals surface area contributed by atoms with Gasteiger partial charge in [-0.1, -0.05) is 30.3 Å². The molecule has 1 amide bonds. The SMILES string of the molecule is CCNC(=NCC(NC(=O)OC(C)(C)C)c1ccccc1)NC(C)COC. The van der Waals surface area contributed by atoms with Gasteiger partial charge >= 0.3 is 6.09 Å². The fourth-order valence-corrected chi connectivity index (χ4v) is 2.40. The van der Waals surface area contributed by atoms with Gasteiger partial charge in [-0.25, -0.2) is 4.79 Å². The molecule has 0 spiro atoms. The molecule has 152 valence electrons. The van der Waals surface area contributed by atoms with Crippen molar-refractivity contribution in [2.45, 2.75) is 52.3 Å². The number of aliphatic imine (C=N–C) groups is 1. The lowest BCUT2D eigenvalue weighted by Crippen LogP contribution is -2.44. The first kappa shape index (κ1) is 22.8. The highest BCUT2D eigenvalue weighted by molar-refractivity contribution is 5.80. The molecule has 1 rings (SSSR count). The van der Waals surface area contributed by atoms with E-state index >= 15 is 0 Å². The molecule has 2 unspecified atom stereocenters. The van der Waals surface area contributed by atoms with Gasteiger partial charge < -0.3 is 25.4 Å². The molecule has 0 aliphatic rings. The van der Waals surface area contributed by atoms with Crippen molar-refractivity contribution in [1.29, 1.82) is 0 Å². The monoisotopic (exact) mass is 378 g/mol. The van der Waals surface area contributed by atoms with Crippen molar-refractivity contribution < 1.29 is 14.3 Å². The molecule has 0 aliphatic carbocycles. The summed E-state index contributed by atoms with van der Waals surface area (Å²) in [5, 5.41) is 9.41. The minimum atomic E-state index is -0.555. The van der Waals surface area contributed by atoms with E-state index in [9.17, 15) is 4.79 Å². The third kappa shape index (κ3) is 9.84. The summed E-state index contributed by atoms with van der Waals surface area (Å²) in [7, 11) is 1.67. The zero-order valence-corrected chi connectivity index (χ0v) is 17.3. The third-order valence-electron chi connectivity index (χ3n) is 3.47. The van der Waals surface area contributed by atoms with Crippen LogP contribution in [0.25, 0.3) is 0 Å². The number of ether oxygens (including phenoxy) is 2. The predicted octanol–water partition coefficient (Wildman–Crippen LogP) is 2.84. The third-order valence-corrected chi connectivity index (χ3v) is 3.47. The summed E-state index contributed by atoms with van der Waals surface area (Å²) in [5.74, 6) is 0.675. The van der Waals surface area contributed by atoms with Gasteiger partial charge in [0.05, 0.1) is 19.2 Å². The molecule has 1 aromatic carbocycles. The second-order valence-corrected chi connectivity index (χ2v) is 7.33. The summed E-state index contributed by atoms with van der Waals surface area (Å²) in [6.45, 7) is 11.2. The van der Waals surface area contributed by atoms with Crippen molar-refractivity contribution in [3.05, 3.63) is 35.9 Å². The van der Waals surface area contributed by atoms with Crippen LogP contribution in [0.4, 0.5) is 4.79 Å². The van der Waals surface area contributed by atoms with Crippen molar-refractivity contribution in [2.75, 3.05) is 26.8 Å². The van der Waals surface area contributed by atoms with Crippen LogP contribution in [0.2, 0.25) is 0 Å². The Morgan fingerprint density at radius 2 is 1.85 bits per heavy atom. The Bertz CT molecular complexity index is 585. The molecule has 0 radical (unpaired) electrons. The highest BCUT2D eigenvalue weighted by Gasteiger charge is 2.20. The van der Waals surface area contributed by atoms with Crippen LogP contribution in [0.5, 0.6) is 0 Å². The first-order chi connectivity index (χ1) is 12.7. The summed E-state index contributed by atoms with van der Waals surface area (Å²) in [5.41, 5.74) is 0.411. The molecule has 3 N–H and O–H groups in total. The van der Waals surface area contributed by atoms with E-state index in [0.717, 1.165) is 12.1 Å². The smallest absolute Gasteiger partial charge is 0.408 e. The number of methoxy groups -OCH3 is 1. The molecule has 2 atom stereocenters. The van der Waals surface area contributed by atoms with Gasteiger partial charge in [0, 0.05) is 19.7 Å². The van der Waals surface area contributed by atoms with E-state index in [-0.39, 0.29) is 12.1 Å². The van der Waals surface area contributed by atoms with E-state index in [2.05, 4.69) is 20.9 Å². The highest BCUT2D eigenvalue weighted by Crippen LogP contribution is 2.15. The summed E-state index contributed by atoms with van der Waals surface area (Å²) in [4.78, 5) is 16.9. The van der Waals surface area contributed by atoms with Crippen LogP contribution in [-0.4, -0.2) is 50.5 Å². The van der Waals surface area contributed by atoms with Gasteiger partial charge in [0.25, 0.3) is 0 Å². The molecular formula is C20H34N4O3. The second-order valence-electron chi connectivity index (χ2n) is 7.33. The molecule has 0 aromatic heterocycles. The number of hydrogen-bond acceptors (Lipinski definition) is 4. The van der Waals surface area contributed by atoms with E-state index in [1.165, 1.54) is 0 Å². The molecule has 0 fully saturated rings. The topological polar surface area (TPSA) is 84.0 Å². The fourth-order valence-electron chi connectivity index (χ4n) is 2.40. The summed E-state index contributed by atoms with van der Waals surface area (Å²) in [6.07, 6.45) is -0.461. The van der Waals surface area contributed by atoms with Crippen LogP contribution in [0.15, 0.2) is 35.3 Å². The summed E-state index contributed by atoms with van der Waals surface area (Å²) >= 11 is 0. The van der Waals surface area contributed by atoms with Crippen molar-refractivity contribution in [3.8, 4) is 0 Å². The Morgan fingerprint density at radius 3 is 2.41 bits per heavy atom. The first-order valence-electron chi connectivity index (χ1n) is 9.33. The van der Waals surface area contributed by atoms with Crippen LogP contribution < -0.4 is 16.0 Å². The fraction of sp³-hybridized carbons (Fsp3) is 0.600. The van der Waals surface area contributed by atoms with E-state index < -0.39 is 11.7 Å². The molecule has 27 heavy (non-hydrogen) atoms. The number of benzene rings is 1. The van der Waals surface area contributed by atoms with E-state index in [0.29, 0.717) is 19.1 Å².